The van der Waals surface area contributed by atoms with Gasteiger partial charge < -0.3 is 14.2 Å². The highest BCUT2D eigenvalue weighted by molar-refractivity contribution is 9.10. The van der Waals surface area contributed by atoms with Crippen molar-refractivity contribution in [3.05, 3.63) is 63.5 Å². The first-order valence-electron chi connectivity index (χ1n) is 9.40. The molecule has 0 aromatic heterocycles. The average molecular weight is 462 g/mol. The number of ether oxygens (including phenoxy) is 3. The van der Waals surface area contributed by atoms with E-state index in [1.54, 1.807) is 30.3 Å². The van der Waals surface area contributed by atoms with E-state index >= 15 is 0 Å². The fourth-order valence-corrected chi connectivity index (χ4v) is 3.28. The third kappa shape index (κ3) is 5.03. The Morgan fingerprint density at radius 3 is 2.72 bits per heavy atom. The molecule has 0 fully saturated rings. The van der Waals surface area contributed by atoms with Crippen LogP contribution in [0.15, 0.2) is 51.6 Å². The lowest BCUT2D eigenvalue weighted by atomic mass is 10.1. The molecule has 0 bridgehead atoms. The van der Waals surface area contributed by atoms with Gasteiger partial charge >= 0.3 is 5.97 Å². The van der Waals surface area contributed by atoms with Gasteiger partial charge in [0.1, 0.15) is 5.82 Å². The smallest absolute Gasteiger partial charge is 0.363 e. The molecule has 0 atom stereocenters. The Balaban J connectivity index is 1.93. The molecule has 29 heavy (non-hydrogen) atoms. The summed E-state index contributed by atoms with van der Waals surface area (Å²) in [7, 11) is 0. The molecule has 0 unspecified atom stereocenters. The summed E-state index contributed by atoms with van der Waals surface area (Å²) in [5.41, 5.74) is 0.894. The molecule has 0 amide bonds. The van der Waals surface area contributed by atoms with Crippen molar-refractivity contribution < 1.29 is 23.4 Å². The lowest BCUT2D eigenvalue weighted by molar-refractivity contribution is -0.129. The van der Waals surface area contributed by atoms with Crippen molar-refractivity contribution in [3.63, 3.8) is 0 Å². The summed E-state index contributed by atoms with van der Waals surface area (Å²) in [5.74, 6) is -0.0136. The zero-order valence-corrected chi connectivity index (χ0v) is 17.8. The third-order valence-electron chi connectivity index (χ3n) is 4.10. The van der Waals surface area contributed by atoms with Gasteiger partial charge in [0.2, 0.25) is 5.90 Å². The molecule has 0 spiro atoms. The SMILES string of the molecule is CCCCOc1c(Br)cc(/C=C2\N=C(c3ccccc3F)OC2=O)cc1OCC. The highest BCUT2D eigenvalue weighted by atomic mass is 79.9. The molecule has 0 aliphatic carbocycles. The van der Waals surface area contributed by atoms with Gasteiger partial charge in [-0.15, -0.1) is 0 Å². The molecule has 0 N–H and O–H groups in total. The minimum atomic E-state index is -0.638. The first-order chi connectivity index (χ1) is 14.0. The van der Waals surface area contributed by atoms with E-state index in [1.807, 2.05) is 6.92 Å². The number of esters is 1. The lowest BCUT2D eigenvalue weighted by Gasteiger charge is -2.14. The Labute approximate surface area is 177 Å². The summed E-state index contributed by atoms with van der Waals surface area (Å²) in [6.45, 7) is 5.02. The predicted molar refractivity (Wildman–Crippen MR) is 113 cm³/mol. The van der Waals surface area contributed by atoms with E-state index in [-0.39, 0.29) is 17.2 Å². The van der Waals surface area contributed by atoms with Gasteiger partial charge in [-0.1, -0.05) is 25.5 Å². The van der Waals surface area contributed by atoms with Crippen LogP contribution in [0.1, 0.15) is 37.8 Å². The maximum atomic E-state index is 14.0. The summed E-state index contributed by atoms with van der Waals surface area (Å²) in [6, 6.07) is 9.59. The highest BCUT2D eigenvalue weighted by Crippen LogP contribution is 2.38. The maximum Gasteiger partial charge on any atom is 0.363 e. The molecule has 7 heteroatoms. The van der Waals surface area contributed by atoms with Crippen molar-refractivity contribution in [1.82, 2.24) is 0 Å². The number of unbranched alkanes of at least 4 members (excludes halogenated alkanes) is 1. The van der Waals surface area contributed by atoms with Crippen molar-refractivity contribution in [2.75, 3.05) is 13.2 Å². The second-order valence-corrected chi connectivity index (χ2v) is 7.14. The number of rotatable bonds is 8. The summed E-state index contributed by atoms with van der Waals surface area (Å²) in [4.78, 5) is 16.4. The van der Waals surface area contributed by atoms with Crippen LogP contribution in [0.3, 0.4) is 0 Å². The van der Waals surface area contributed by atoms with E-state index in [2.05, 4.69) is 27.8 Å². The molecule has 1 heterocycles. The normalized spacial score (nSPS) is 14.7. The van der Waals surface area contributed by atoms with Crippen LogP contribution in [0.25, 0.3) is 6.08 Å². The van der Waals surface area contributed by atoms with Gasteiger partial charge in [-0.05, 0) is 65.2 Å². The Bertz CT molecular complexity index is 971. The number of carbonyl (C=O) groups is 1. The monoisotopic (exact) mass is 461 g/mol. The first-order valence-corrected chi connectivity index (χ1v) is 10.2. The molecule has 1 aliphatic rings. The second-order valence-electron chi connectivity index (χ2n) is 6.28. The molecule has 1 aliphatic heterocycles. The molecule has 3 rings (SSSR count). The largest absolute Gasteiger partial charge is 0.490 e. The van der Waals surface area contributed by atoms with Gasteiger partial charge in [-0.3, -0.25) is 0 Å². The van der Waals surface area contributed by atoms with Gasteiger partial charge in [0, 0.05) is 0 Å². The van der Waals surface area contributed by atoms with E-state index in [4.69, 9.17) is 14.2 Å². The summed E-state index contributed by atoms with van der Waals surface area (Å²) in [5, 5.41) is 0. The van der Waals surface area contributed by atoms with Crippen LogP contribution in [0.5, 0.6) is 11.5 Å². The number of hydrogen-bond acceptors (Lipinski definition) is 5. The minimum absolute atomic E-state index is 0.0528. The number of carbonyl (C=O) groups excluding carboxylic acids is 1. The van der Waals surface area contributed by atoms with E-state index in [9.17, 15) is 9.18 Å². The van der Waals surface area contributed by atoms with Crippen LogP contribution in [0, 0.1) is 5.82 Å². The van der Waals surface area contributed by atoms with E-state index in [0.29, 0.717) is 34.7 Å². The quantitative estimate of drug-likeness (QED) is 0.295. The van der Waals surface area contributed by atoms with Crippen LogP contribution in [-0.2, 0) is 9.53 Å². The summed E-state index contributed by atoms with van der Waals surface area (Å²) in [6.07, 6.45) is 3.53. The van der Waals surface area contributed by atoms with Crippen molar-refractivity contribution in [2.45, 2.75) is 26.7 Å². The molecule has 5 nitrogen and oxygen atoms in total. The Morgan fingerprint density at radius 2 is 2.00 bits per heavy atom. The molecule has 0 radical (unpaired) electrons. The number of halogens is 2. The van der Waals surface area contributed by atoms with Crippen LogP contribution >= 0.6 is 15.9 Å². The van der Waals surface area contributed by atoms with Gasteiger partial charge in [0.15, 0.2) is 17.2 Å². The van der Waals surface area contributed by atoms with Crippen LogP contribution < -0.4 is 9.47 Å². The standard InChI is InChI=1S/C22H21BrFNO4/c1-3-5-10-28-20-16(23)11-14(13-19(20)27-4-2)12-18-22(26)29-21(25-18)15-8-6-7-9-17(15)24/h6-9,11-13H,3-5,10H2,1-2H3/b18-12-. The highest BCUT2D eigenvalue weighted by Gasteiger charge is 2.26. The zero-order valence-electron chi connectivity index (χ0n) is 16.2. The molecule has 2 aromatic rings. The Kier molecular flexibility index (Phi) is 7.04. The molecule has 152 valence electrons. The number of cyclic esters (lactones) is 1. The van der Waals surface area contributed by atoms with Gasteiger partial charge in [0.05, 0.1) is 23.2 Å². The van der Waals surface area contributed by atoms with Crippen LogP contribution in [0.2, 0.25) is 0 Å². The summed E-state index contributed by atoms with van der Waals surface area (Å²) < 4.78 is 31.3. The van der Waals surface area contributed by atoms with Gasteiger partial charge in [-0.25, -0.2) is 14.2 Å². The minimum Gasteiger partial charge on any atom is -0.490 e. The number of benzene rings is 2. The first kappa shape index (κ1) is 21.0. The molecule has 0 saturated carbocycles. The topological polar surface area (TPSA) is 57.1 Å². The molecule has 0 saturated heterocycles. The molecular weight excluding hydrogens is 441 g/mol. The average Bonchev–Trinajstić information content (AvgIpc) is 3.04. The number of aliphatic imine (C=N–C) groups is 1. The Hall–Kier alpha value is -2.67. The van der Waals surface area contributed by atoms with Crippen molar-refractivity contribution in [2.24, 2.45) is 4.99 Å². The maximum absolute atomic E-state index is 14.0. The lowest BCUT2D eigenvalue weighted by Crippen LogP contribution is -2.07. The van der Waals surface area contributed by atoms with E-state index in [0.717, 1.165) is 12.8 Å². The predicted octanol–water partition coefficient (Wildman–Crippen LogP) is 5.51. The Morgan fingerprint density at radius 1 is 1.21 bits per heavy atom. The van der Waals surface area contributed by atoms with Gasteiger partial charge in [0.25, 0.3) is 0 Å². The fourth-order valence-electron chi connectivity index (χ4n) is 2.71. The summed E-state index contributed by atoms with van der Waals surface area (Å²) >= 11 is 3.51. The fraction of sp³-hybridized carbons (Fsp3) is 0.273. The van der Waals surface area contributed by atoms with E-state index in [1.165, 1.54) is 12.1 Å². The van der Waals surface area contributed by atoms with E-state index < -0.39 is 11.8 Å². The van der Waals surface area contributed by atoms with Crippen molar-refractivity contribution in [3.8, 4) is 11.5 Å². The number of hydrogen-bond donors (Lipinski definition) is 0. The molecule has 2 aromatic carbocycles. The third-order valence-corrected chi connectivity index (χ3v) is 4.69. The second kappa shape index (κ2) is 9.69. The van der Waals surface area contributed by atoms with Crippen molar-refractivity contribution >= 4 is 33.9 Å². The molecular formula is C22H21BrFNO4. The van der Waals surface area contributed by atoms with Crippen molar-refractivity contribution in [1.29, 1.82) is 0 Å². The zero-order chi connectivity index (χ0) is 20.8. The van der Waals surface area contributed by atoms with Crippen LogP contribution in [0.4, 0.5) is 4.39 Å². The van der Waals surface area contributed by atoms with Crippen LogP contribution in [-0.4, -0.2) is 25.1 Å². The number of nitrogens with zero attached hydrogens (tertiary/aromatic N) is 1. The van der Waals surface area contributed by atoms with Gasteiger partial charge in [-0.2, -0.15) is 0 Å².